The molecular weight excluding hydrogens is 445 g/mol. The lowest BCUT2D eigenvalue weighted by Gasteiger charge is -2.23. The SMILES string of the molecule is CCN/C1=C(\C(=N)Cl)CC(C=NC)=C(N)c2ncc(F)cc2[C@@H](C)Oc2cc1cnc2NC. The minimum atomic E-state index is -0.595. The standard InChI is InChI=1S/C23H27ClFN7O/c1-5-30-20-14-7-18(23(29-4)32-10-14)33-12(2)16-8-15(25)11-31-21(16)19(26)13(9-28-3)6-17(20)22(24)27/h7-12,27,30H,5-6,26H2,1-4H3,(H,29,32)/b19-13?,20-17-,27-22?,28-9?/t12-/m1/s1. The monoisotopic (exact) mass is 471 g/mol. The first-order valence-corrected chi connectivity index (χ1v) is 10.8. The number of nitrogens with two attached hydrogens (primary N) is 1. The van der Waals surface area contributed by atoms with Crippen LogP contribution in [0.1, 0.15) is 43.2 Å². The van der Waals surface area contributed by atoms with Crippen molar-refractivity contribution in [3.05, 3.63) is 58.3 Å². The molecular formula is C23H27ClFN7O. The molecule has 0 saturated carbocycles. The third-order valence-electron chi connectivity index (χ3n) is 5.18. The van der Waals surface area contributed by atoms with E-state index < -0.39 is 11.9 Å². The number of nitrogens with one attached hydrogen (secondary N) is 3. The number of aliphatic imine (C=N–C) groups is 1. The first kappa shape index (κ1) is 24.2. The highest BCUT2D eigenvalue weighted by Crippen LogP contribution is 2.35. The summed E-state index contributed by atoms with van der Waals surface area (Å²) in [5.41, 5.74) is 10.1. The molecule has 1 aliphatic rings. The van der Waals surface area contributed by atoms with Crippen molar-refractivity contribution in [2.45, 2.75) is 26.4 Å². The molecule has 0 aliphatic carbocycles. The molecule has 2 aromatic rings. The Morgan fingerprint density at radius 1 is 1.39 bits per heavy atom. The first-order valence-electron chi connectivity index (χ1n) is 10.4. The molecule has 0 amide bonds. The molecule has 2 aromatic heterocycles. The van der Waals surface area contributed by atoms with E-state index in [-0.39, 0.29) is 11.6 Å². The molecule has 8 nitrogen and oxygen atoms in total. The number of ether oxygens (including phenoxy) is 1. The minimum absolute atomic E-state index is 0.154. The van der Waals surface area contributed by atoms with Crippen LogP contribution in [0.5, 0.6) is 5.75 Å². The van der Waals surface area contributed by atoms with Crippen LogP contribution in [-0.4, -0.2) is 42.0 Å². The number of halogens is 2. The summed E-state index contributed by atoms with van der Waals surface area (Å²) < 4.78 is 20.4. The fourth-order valence-electron chi connectivity index (χ4n) is 3.65. The van der Waals surface area contributed by atoms with Gasteiger partial charge < -0.3 is 21.1 Å². The van der Waals surface area contributed by atoms with Crippen LogP contribution in [0.25, 0.3) is 11.4 Å². The van der Waals surface area contributed by atoms with Crippen LogP contribution in [0, 0.1) is 11.2 Å². The minimum Gasteiger partial charge on any atom is -0.482 e. The fraction of sp³-hybridized carbons (Fsp3) is 0.304. The summed E-state index contributed by atoms with van der Waals surface area (Å²) in [6.07, 6.45) is 3.98. The maximum Gasteiger partial charge on any atom is 0.168 e. The number of pyridine rings is 2. The summed E-state index contributed by atoms with van der Waals surface area (Å²) in [7, 11) is 3.35. The summed E-state index contributed by atoms with van der Waals surface area (Å²) >= 11 is 6.25. The number of anilines is 1. The maximum atomic E-state index is 14.2. The molecule has 1 atom stereocenters. The lowest BCUT2D eigenvalue weighted by molar-refractivity contribution is 0.226. The van der Waals surface area contributed by atoms with Gasteiger partial charge in [0.15, 0.2) is 11.6 Å². The quantitative estimate of drug-likeness (QED) is 0.487. The third kappa shape index (κ3) is 5.14. The summed E-state index contributed by atoms with van der Waals surface area (Å²) in [4.78, 5) is 12.9. The van der Waals surface area contributed by atoms with Crippen molar-refractivity contribution in [1.82, 2.24) is 15.3 Å². The van der Waals surface area contributed by atoms with E-state index >= 15 is 0 Å². The number of nitrogens with zero attached hydrogens (tertiary/aromatic N) is 3. The predicted molar refractivity (Wildman–Crippen MR) is 131 cm³/mol. The van der Waals surface area contributed by atoms with E-state index in [0.29, 0.717) is 57.5 Å². The molecule has 0 spiro atoms. The average molecular weight is 472 g/mol. The Morgan fingerprint density at radius 3 is 2.79 bits per heavy atom. The van der Waals surface area contributed by atoms with Crippen molar-refractivity contribution in [3.63, 3.8) is 0 Å². The van der Waals surface area contributed by atoms with E-state index in [1.807, 2.05) is 13.0 Å². The number of rotatable bonds is 5. The van der Waals surface area contributed by atoms with Gasteiger partial charge in [-0.25, -0.2) is 9.37 Å². The second kappa shape index (κ2) is 10.4. The Bertz CT molecular complexity index is 1160. The number of hydrogen-bond donors (Lipinski definition) is 4. The van der Waals surface area contributed by atoms with E-state index in [4.69, 9.17) is 27.5 Å². The highest BCUT2D eigenvalue weighted by atomic mass is 35.5. The molecule has 10 heteroatoms. The van der Waals surface area contributed by atoms with E-state index in [2.05, 4.69) is 25.6 Å². The van der Waals surface area contributed by atoms with Gasteiger partial charge in [0.1, 0.15) is 17.1 Å². The number of allylic oxidation sites excluding steroid dienone is 2. The molecule has 0 radical (unpaired) electrons. The van der Waals surface area contributed by atoms with Crippen molar-refractivity contribution in [3.8, 4) is 5.75 Å². The molecule has 0 saturated heterocycles. The lowest BCUT2D eigenvalue weighted by Crippen LogP contribution is -2.19. The Kier molecular flexibility index (Phi) is 7.65. The smallest absolute Gasteiger partial charge is 0.168 e. The van der Waals surface area contributed by atoms with Gasteiger partial charge >= 0.3 is 0 Å². The third-order valence-corrected chi connectivity index (χ3v) is 5.41. The highest BCUT2D eigenvalue weighted by Gasteiger charge is 2.24. The highest BCUT2D eigenvalue weighted by molar-refractivity contribution is 6.69. The average Bonchev–Trinajstić information content (AvgIpc) is 2.79. The van der Waals surface area contributed by atoms with Crippen molar-refractivity contribution in [1.29, 1.82) is 5.41 Å². The zero-order valence-corrected chi connectivity index (χ0v) is 19.7. The summed E-state index contributed by atoms with van der Waals surface area (Å²) in [5.74, 6) is 0.453. The van der Waals surface area contributed by atoms with Gasteiger partial charge in [-0.2, -0.15) is 0 Å². The van der Waals surface area contributed by atoms with E-state index in [0.717, 1.165) is 6.20 Å². The van der Waals surface area contributed by atoms with Crippen LogP contribution in [0.15, 0.2) is 40.7 Å². The predicted octanol–water partition coefficient (Wildman–Crippen LogP) is 4.11. The lowest BCUT2D eigenvalue weighted by atomic mass is 9.96. The van der Waals surface area contributed by atoms with Crippen molar-refractivity contribution in [2.75, 3.05) is 26.0 Å². The van der Waals surface area contributed by atoms with Gasteiger partial charge in [-0.1, -0.05) is 11.6 Å². The van der Waals surface area contributed by atoms with Crippen LogP contribution in [0.2, 0.25) is 0 Å². The van der Waals surface area contributed by atoms with Gasteiger partial charge in [-0.05, 0) is 31.6 Å². The Labute approximate surface area is 197 Å². The number of aromatic nitrogens is 2. The Hall–Kier alpha value is -3.46. The molecule has 0 aromatic carbocycles. The van der Waals surface area contributed by atoms with Crippen molar-refractivity contribution < 1.29 is 9.13 Å². The molecule has 174 valence electrons. The van der Waals surface area contributed by atoms with Gasteiger partial charge in [0.2, 0.25) is 0 Å². The maximum absolute atomic E-state index is 14.2. The molecule has 5 N–H and O–H groups in total. The molecule has 0 fully saturated rings. The van der Waals surface area contributed by atoms with Gasteiger partial charge in [0, 0.05) is 61.9 Å². The van der Waals surface area contributed by atoms with E-state index in [1.165, 1.54) is 6.07 Å². The summed E-state index contributed by atoms with van der Waals surface area (Å²) in [5, 5.41) is 14.4. The van der Waals surface area contributed by atoms with Crippen LogP contribution in [0.4, 0.5) is 10.2 Å². The normalized spacial score (nSPS) is 18.8. The fourth-order valence-corrected chi connectivity index (χ4v) is 3.81. The van der Waals surface area contributed by atoms with Gasteiger partial charge in [-0.3, -0.25) is 15.4 Å². The number of hydrogen-bond acceptors (Lipinski definition) is 8. The zero-order chi connectivity index (χ0) is 24.1. The van der Waals surface area contributed by atoms with Gasteiger partial charge in [0.05, 0.1) is 17.6 Å². The second-order valence-electron chi connectivity index (χ2n) is 7.37. The van der Waals surface area contributed by atoms with Gasteiger partial charge in [-0.15, -0.1) is 0 Å². The molecule has 0 unspecified atom stereocenters. The zero-order valence-electron chi connectivity index (χ0n) is 19.0. The first-order chi connectivity index (χ1) is 15.8. The molecule has 2 bridgehead atoms. The Morgan fingerprint density at radius 2 is 2.15 bits per heavy atom. The molecule has 3 heterocycles. The van der Waals surface area contributed by atoms with Crippen LogP contribution >= 0.6 is 11.6 Å². The topological polar surface area (TPSA) is 121 Å². The van der Waals surface area contributed by atoms with Gasteiger partial charge in [0.25, 0.3) is 0 Å². The van der Waals surface area contributed by atoms with Crippen molar-refractivity contribution >= 4 is 40.2 Å². The summed E-state index contributed by atoms with van der Waals surface area (Å²) in [6, 6.07) is 3.16. The van der Waals surface area contributed by atoms with Crippen LogP contribution < -0.4 is 21.1 Å². The van der Waals surface area contributed by atoms with E-state index in [1.54, 1.807) is 33.4 Å². The second-order valence-corrected chi connectivity index (χ2v) is 7.75. The van der Waals surface area contributed by atoms with Crippen molar-refractivity contribution in [2.24, 2.45) is 10.7 Å². The molecule has 33 heavy (non-hydrogen) atoms. The largest absolute Gasteiger partial charge is 0.482 e. The summed E-state index contributed by atoms with van der Waals surface area (Å²) in [6.45, 7) is 4.32. The Balaban J connectivity index is 2.41. The number of fused-ring (bicyclic) bond motifs is 3. The van der Waals surface area contributed by atoms with E-state index in [9.17, 15) is 4.39 Å². The van der Waals surface area contributed by atoms with Crippen LogP contribution in [-0.2, 0) is 0 Å². The molecule has 1 aliphatic heterocycles. The molecule has 3 rings (SSSR count). The van der Waals surface area contributed by atoms with Crippen LogP contribution in [0.3, 0.4) is 0 Å².